The number of Topliss-reactive ketones (excluding diaryl/α,β-unsaturated/α-hetero) is 4. The van der Waals surface area contributed by atoms with Gasteiger partial charge >= 0.3 is 0 Å². The first kappa shape index (κ1) is 44.5. The predicted molar refractivity (Wildman–Crippen MR) is 207 cm³/mol. The molecule has 0 saturated heterocycles. The van der Waals surface area contributed by atoms with E-state index in [2.05, 4.69) is 31.6 Å². The van der Waals surface area contributed by atoms with Gasteiger partial charge in [-0.1, -0.05) is 88.4 Å². The zero-order chi connectivity index (χ0) is 41.1. The van der Waals surface area contributed by atoms with Gasteiger partial charge in [-0.2, -0.15) is 11.0 Å². The summed E-state index contributed by atoms with van der Waals surface area (Å²) in [5, 5.41) is 5.40. The number of nitrogens with one attached hydrogen (secondary N) is 5. The van der Waals surface area contributed by atoms with E-state index in [0.29, 0.717) is 11.1 Å². The second-order valence-corrected chi connectivity index (χ2v) is 16.1. The second kappa shape index (κ2) is 19.6. The highest BCUT2D eigenvalue weighted by molar-refractivity contribution is 6.50. The Balaban J connectivity index is 1.93. The van der Waals surface area contributed by atoms with E-state index < -0.39 is 81.7 Å². The Morgan fingerprint density at radius 3 is 1.36 bits per heavy atom. The van der Waals surface area contributed by atoms with Crippen molar-refractivity contribution in [1.82, 2.24) is 31.6 Å². The lowest BCUT2D eigenvalue weighted by Crippen LogP contribution is -2.55. The third-order valence-electron chi connectivity index (χ3n) is 8.24. The molecule has 5 N–H and O–H groups in total. The molecule has 0 aliphatic heterocycles. The third-order valence-corrected chi connectivity index (χ3v) is 8.24. The van der Waals surface area contributed by atoms with E-state index in [9.17, 15) is 28.8 Å². The van der Waals surface area contributed by atoms with Crippen molar-refractivity contribution in [3.8, 4) is 0 Å². The zero-order valence-electron chi connectivity index (χ0n) is 33.4. The summed E-state index contributed by atoms with van der Waals surface area (Å²) in [6.45, 7) is 18.1. The zero-order valence-corrected chi connectivity index (χ0v) is 33.4. The summed E-state index contributed by atoms with van der Waals surface area (Å²) in [5.74, 6) is -6.16. The Kier molecular flexibility index (Phi) is 15.9. The Morgan fingerprint density at radius 1 is 0.618 bits per heavy atom. The van der Waals surface area contributed by atoms with Crippen molar-refractivity contribution in [1.29, 1.82) is 0 Å². The van der Waals surface area contributed by atoms with Crippen LogP contribution in [0.4, 0.5) is 0 Å². The molecule has 2 amide bonds. The maximum atomic E-state index is 14.0. The van der Waals surface area contributed by atoms with Crippen LogP contribution >= 0.6 is 0 Å². The van der Waals surface area contributed by atoms with Gasteiger partial charge in [-0.25, -0.2) is 4.98 Å². The van der Waals surface area contributed by atoms with Crippen molar-refractivity contribution in [2.75, 3.05) is 0 Å². The molecule has 14 nitrogen and oxygen atoms in total. The van der Waals surface area contributed by atoms with Crippen LogP contribution in [0.5, 0.6) is 0 Å². The molecule has 0 radical (unpaired) electrons. The van der Waals surface area contributed by atoms with Crippen LogP contribution in [0.25, 0.3) is 0 Å². The molecule has 4 unspecified atom stereocenters. The van der Waals surface area contributed by atoms with Gasteiger partial charge < -0.3 is 15.6 Å². The van der Waals surface area contributed by atoms with Gasteiger partial charge in [0.15, 0.2) is 0 Å². The number of benzene rings is 2. The molecular weight excluding hydrogens is 704 g/mol. The number of hydrogen-bond acceptors (Lipinski definition) is 11. The molecule has 298 valence electrons. The van der Waals surface area contributed by atoms with Gasteiger partial charge in [-0.05, 0) is 64.5 Å². The standard InChI is InChI=1S/C41H56N6O8/c1-24(2)30(46-54-40(5,6)7)38(52)44-28(21-26-17-13-11-14-18-26)34(48)36(50)32-33(43-23-42-32)37(51)35(49)29(22-27-19-15-12-16-20-27)45-39(53)31(25(3)4)47-55-41(8,9)10/h11-20,23-25,28-31,46-47H,21-22H2,1-10H3,(H,42,43)(H,44,52)(H,45,53). The van der Waals surface area contributed by atoms with E-state index in [0.717, 1.165) is 6.33 Å². The van der Waals surface area contributed by atoms with Crippen molar-refractivity contribution in [2.24, 2.45) is 11.8 Å². The molecule has 0 bridgehead atoms. The van der Waals surface area contributed by atoms with Crippen molar-refractivity contribution in [3.05, 3.63) is 89.5 Å². The second-order valence-electron chi connectivity index (χ2n) is 16.1. The quantitative estimate of drug-likeness (QED) is 0.0633. The van der Waals surface area contributed by atoms with Gasteiger partial charge in [0.25, 0.3) is 5.78 Å². The number of rotatable bonds is 20. The molecule has 1 aromatic heterocycles. The fourth-order valence-corrected chi connectivity index (χ4v) is 5.30. The predicted octanol–water partition coefficient (Wildman–Crippen LogP) is 4.06. The molecule has 2 aromatic carbocycles. The lowest BCUT2D eigenvalue weighted by atomic mass is 9.94. The largest absolute Gasteiger partial charge is 0.344 e. The SMILES string of the molecule is CC(C)C(NOC(C)(C)C)C(=O)NC(Cc1ccccc1)C(=O)C(=O)c1nc[nH]c1C(=O)C(=O)C(Cc1ccccc1)NC(=O)C(NOC(C)(C)C)C(C)C. The van der Waals surface area contributed by atoms with Crippen molar-refractivity contribution in [2.45, 2.75) is 117 Å². The highest BCUT2D eigenvalue weighted by atomic mass is 16.7. The molecule has 0 spiro atoms. The average molecular weight is 761 g/mol. The van der Waals surface area contributed by atoms with Crippen LogP contribution in [-0.4, -0.2) is 80.3 Å². The van der Waals surface area contributed by atoms with Gasteiger partial charge in [-0.15, -0.1) is 0 Å². The molecular formula is C41H56N6O8. The summed E-state index contributed by atoms with van der Waals surface area (Å²) in [7, 11) is 0. The molecule has 0 saturated carbocycles. The highest BCUT2D eigenvalue weighted by Gasteiger charge is 2.38. The molecule has 55 heavy (non-hydrogen) atoms. The number of hydrogen-bond donors (Lipinski definition) is 5. The van der Waals surface area contributed by atoms with Crippen LogP contribution < -0.4 is 21.6 Å². The van der Waals surface area contributed by atoms with Crippen LogP contribution in [0.1, 0.15) is 101 Å². The number of carbonyl (C=O) groups excluding carboxylic acids is 6. The minimum absolute atomic E-state index is 0.0480. The van der Waals surface area contributed by atoms with E-state index in [-0.39, 0.29) is 24.7 Å². The number of carbonyl (C=O) groups is 6. The van der Waals surface area contributed by atoms with Crippen LogP contribution in [0, 0.1) is 11.8 Å². The highest BCUT2D eigenvalue weighted by Crippen LogP contribution is 2.16. The van der Waals surface area contributed by atoms with E-state index >= 15 is 0 Å². The smallest absolute Gasteiger partial charge is 0.251 e. The minimum Gasteiger partial charge on any atom is -0.344 e. The average Bonchev–Trinajstić information content (AvgIpc) is 3.59. The normalized spacial score (nSPS) is 14.2. The number of aromatic nitrogens is 2. The number of H-pyrrole nitrogens is 1. The van der Waals surface area contributed by atoms with Crippen molar-refractivity contribution in [3.63, 3.8) is 0 Å². The van der Waals surface area contributed by atoms with Crippen molar-refractivity contribution < 1.29 is 38.4 Å². The van der Waals surface area contributed by atoms with Gasteiger partial charge in [-0.3, -0.25) is 38.4 Å². The van der Waals surface area contributed by atoms with Gasteiger partial charge in [0.2, 0.25) is 29.2 Å². The first-order chi connectivity index (χ1) is 25.7. The molecule has 0 aliphatic rings. The number of hydroxylamine groups is 2. The Labute approximate surface area is 323 Å². The molecule has 1 heterocycles. The van der Waals surface area contributed by atoms with Crippen LogP contribution in [0.3, 0.4) is 0 Å². The fraction of sp³-hybridized carbons (Fsp3) is 0.488. The number of nitrogens with zero attached hydrogens (tertiary/aromatic N) is 1. The summed E-state index contributed by atoms with van der Waals surface area (Å²) >= 11 is 0. The number of imidazole rings is 1. The molecule has 0 fully saturated rings. The monoisotopic (exact) mass is 760 g/mol. The van der Waals surface area contributed by atoms with Crippen LogP contribution in [0.2, 0.25) is 0 Å². The van der Waals surface area contributed by atoms with E-state index in [4.69, 9.17) is 9.68 Å². The number of aromatic amines is 1. The van der Waals surface area contributed by atoms with Crippen molar-refractivity contribution >= 4 is 34.9 Å². The molecule has 14 heteroatoms. The fourth-order valence-electron chi connectivity index (χ4n) is 5.30. The van der Waals surface area contributed by atoms with Gasteiger partial charge in [0.1, 0.15) is 23.5 Å². The van der Waals surface area contributed by atoms with E-state index in [1.54, 1.807) is 88.4 Å². The summed E-state index contributed by atoms with van der Waals surface area (Å²) in [5.41, 5.74) is 4.52. The number of amides is 2. The molecule has 3 rings (SSSR count). The molecule has 3 aromatic rings. The number of ketones is 4. The molecule has 4 atom stereocenters. The third kappa shape index (κ3) is 13.7. The van der Waals surface area contributed by atoms with E-state index in [1.165, 1.54) is 0 Å². The maximum absolute atomic E-state index is 14.0. The lowest BCUT2D eigenvalue weighted by Gasteiger charge is -2.28. The van der Waals surface area contributed by atoms with E-state index in [1.807, 2.05) is 41.5 Å². The minimum atomic E-state index is -1.36. The summed E-state index contributed by atoms with van der Waals surface area (Å²) in [6, 6.07) is 13.1. The Bertz CT molecular complexity index is 1650. The summed E-state index contributed by atoms with van der Waals surface area (Å²) in [6.07, 6.45) is 0.930. The topological polar surface area (TPSA) is 198 Å². The van der Waals surface area contributed by atoms with Gasteiger partial charge in [0, 0.05) is 12.8 Å². The Hall–Kier alpha value is -4.89. The lowest BCUT2D eigenvalue weighted by molar-refractivity contribution is -0.140. The molecule has 0 aliphatic carbocycles. The Morgan fingerprint density at radius 2 is 1.00 bits per heavy atom. The van der Waals surface area contributed by atoms with Crippen LogP contribution in [-0.2, 0) is 41.7 Å². The first-order valence-electron chi connectivity index (χ1n) is 18.4. The summed E-state index contributed by atoms with van der Waals surface area (Å²) in [4.78, 5) is 101. The van der Waals surface area contributed by atoms with Gasteiger partial charge in [0.05, 0.1) is 29.6 Å². The summed E-state index contributed by atoms with van der Waals surface area (Å²) < 4.78 is 0. The first-order valence-corrected chi connectivity index (χ1v) is 18.4. The maximum Gasteiger partial charge on any atom is 0.251 e. The van der Waals surface area contributed by atoms with Crippen LogP contribution in [0.15, 0.2) is 67.0 Å².